The molecule has 4 N–H and O–H groups in total. The summed E-state index contributed by atoms with van der Waals surface area (Å²) < 4.78 is 0. The van der Waals surface area contributed by atoms with Gasteiger partial charge in [0.2, 0.25) is 0 Å². The van der Waals surface area contributed by atoms with Crippen LogP contribution in [0.2, 0.25) is 5.02 Å². The van der Waals surface area contributed by atoms with Crippen LogP contribution in [0.25, 0.3) is 0 Å². The highest BCUT2D eigenvalue weighted by Crippen LogP contribution is 2.31. The Kier molecular flexibility index (Phi) is 3.62. The Morgan fingerprint density at radius 2 is 2.05 bits per heavy atom. The third kappa shape index (κ3) is 2.80. The summed E-state index contributed by atoms with van der Waals surface area (Å²) in [5.41, 5.74) is 8.28. The summed E-state index contributed by atoms with van der Waals surface area (Å²) in [7, 11) is 0. The number of carboxylic acids is 1. The van der Waals surface area contributed by atoms with Crippen LogP contribution in [0.1, 0.15) is 15.9 Å². The smallest absolute Gasteiger partial charge is 0.337 e. The van der Waals surface area contributed by atoms with Gasteiger partial charge in [0.25, 0.3) is 0 Å². The fourth-order valence-electron chi connectivity index (χ4n) is 1.76. The van der Waals surface area contributed by atoms with Crippen molar-refractivity contribution in [1.82, 2.24) is 0 Å². The Morgan fingerprint density at radius 3 is 2.74 bits per heavy atom. The first kappa shape index (κ1) is 13.2. The minimum Gasteiger partial charge on any atom is -0.478 e. The number of para-hydroxylation sites is 1. The molecule has 0 unspecified atom stereocenters. The van der Waals surface area contributed by atoms with Crippen LogP contribution in [0.5, 0.6) is 0 Å². The van der Waals surface area contributed by atoms with Gasteiger partial charge < -0.3 is 16.2 Å². The van der Waals surface area contributed by atoms with E-state index in [2.05, 4.69) is 5.32 Å². The Hall–Kier alpha value is -2.20. The standard InChI is InChI=1S/C14H13ClN2O2/c1-8-5-6-10(15)12(7-8)17-13-9(14(18)19)3-2-4-11(13)16/h2-7,17H,16H2,1H3,(H,18,19). The van der Waals surface area contributed by atoms with E-state index in [1.807, 2.05) is 19.1 Å². The van der Waals surface area contributed by atoms with Crippen LogP contribution in [0.3, 0.4) is 0 Å². The lowest BCUT2D eigenvalue weighted by atomic mass is 10.1. The molecule has 19 heavy (non-hydrogen) atoms. The highest BCUT2D eigenvalue weighted by Gasteiger charge is 2.13. The average molecular weight is 277 g/mol. The first-order valence-corrected chi connectivity index (χ1v) is 6.02. The molecule has 0 aliphatic heterocycles. The van der Waals surface area contributed by atoms with E-state index in [9.17, 15) is 4.79 Å². The number of halogens is 1. The topological polar surface area (TPSA) is 75.3 Å². The molecule has 2 rings (SSSR count). The molecule has 0 atom stereocenters. The number of nitrogen functional groups attached to an aromatic ring is 1. The lowest BCUT2D eigenvalue weighted by Crippen LogP contribution is -2.06. The van der Waals surface area contributed by atoms with E-state index >= 15 is 0 Å². The average Bonchev–Trinajstić information content (AvgIpc) is 2.35. The summed E-state index contributed by atoms with van der Waals surface area (Å²) in [6.07, 6.45) is 0. The van der Waals surface area contributed by atoms with E-state index in [4.69, 9.17) is 22.4 Å². The molecule has 0 heterocycles. The molecule has 0 radical (unpaired) electrons. The van der Waals surface area contributed by atoms with E-state index in [0.717, 1.165) is 5.56 Å². The van der Waals surface area contributed by atoms with Crippen LogP contribution < -0.4 is 11.1 Å². The van der Waals surface area contributed by atoms with Crippen LogP contribution in [0.15, 0.2) is 36.4 Å². The summed E-state index contributed by atoms with van der Waals surface area (Å²) >= 11 is 6.08. The number of carbonyl (C=O) groups is 1. The number of rotatable bonds is 3. The van der Waals surface area contributed by atoms with Crippen molar-refractivity contribution in [2.45, 2.75) is 6.92 Å². The Labute approximate surface area is 115 Å². The highest BCUT2D eigenvalue weighted by atomic mass is 35.5. The SMILES string of the molecule is Cc1ccc(Cl)c(Nc2c(N)cccc2C(=O)O)c1. The molecule has 0 aliphatic carbocycles. The molecule has 0 saturated heterocycles. The zero-order valence-electron chi connectivity index (χ0n) is 10.3. The molecule has 98 valence electrons. The second kappa shape index (κ2) is 5.20. The van der Waals surface area contributed by atoms with E-state index in [1.165, 1.54) is 6.07 Å². The van der Waals surface area contributed by atoms with Crippen molar-refractivity contribution < 1.29 is 9.90 Å². The molecule has 0 aliphatic rings. The van der Waals surface area contributed by atoms with Gasteiger partial charge in [0.1, 0.15) is 0 Å². The first-order valence-electron chi connectivity index (χ1n) is 5.64. The number of hydrogen-bond donors (Lipinski definition) is 3. The largest absolute Gasteiger partial charge is 0.478 e. The molecule has 0 amide bonds. The van der Waals surface area contributed by atoms with E-state index in [1.54, 1.807) is 18.2 Å². The van der Waals surface area contributed by atoms with Gasteiger partial charge in [-0.1, -0.05) is 23.7 Å². The van der Waals surface area contributed by atoms with Gasteiger partial charge in [-0.05, 0) is 36.8 Å². The normalized spacial score (nSPS) is 10.2. The number of aromatic carboxylic acids is 1. The predicted molar refractivity (Wildman–Crippen MR) is 77.3 cm³/mol. The number of nitrogens with two attached hydrogens (primary N) is 1. The minimum absolute atomic E-state index is 0.109. The fraction of sp³-hybridized carbons (Fsp3) is 0.0714. The number of carboxylic acid groups (broad SMARTS) is 1. The summed E-state index contributed by atoms with van der Waals surface area (Å²) in [5, 5.41) is 12.7. The summed E-state index contributed by atoms with van der Waals surface area (Å²) in [5.74, 6) is -1.04. The second-order valence-electron chi connectivity index (χ2n) is 4.18. The van der Waals surface area contributed by atoms with Gasteiger partial charge in [0.05, 0.1) is 27.6 Å². The van der Waals surface area contributed by atoms with Crippen LogP contribution in [0, 0.1) is 6.92 Å². The molecular weight excluding hydrogens is 264 g/mol. The van der Waals surface area contributed by atoms with Gasteiger partial charge >= 0.3 is 5.97 Å². The van der Waals surface area contributed by atoms with E-state index in [0.29, 0.717) is 22.1 Å². The van der Waals surface area contributed by atoms with Gasteiger partial charge in [-0.25, -0.2) is 4.79 Å². The van der Waals surface area contributed by atoms with E-state index in [-0.39, 0.29) is 5.56 Å². The molecule has 5 heteroatoms. The minimum atomic E-state index is -1.04. The molecule has 2 aromatic carbocycles. The molecule has 0 bridgehead atoms. The number of benzene rings is 2. The van der Waals surface area contributed by atoms with Crippen molar-refractivity contribution in [3.8, 4) is 0 Å². The zero-order valence-corrected chi connectivity index (χ0v) is 11.0. The monoisotopic (exact) mass is 276 g/mol. The quantitative estimate of drug-likeness (QED) is 0.748. The Bertz CT molecular complexity index is 641. The van der Waals surface area contributed by atoms with E-state index < -0.39 is 5.97 Å². The van der Waals surface area contributed by atoms with Crippen LogP contribution in [-0.2, 0) is 0 Å². The van der Waals surface area contributed by atoms with Gasteiger partial charge in [0.15, 0.2) is 0 Å². The molecule has 4 nitrogen and oxygen atoms in total. The fourth-order valence-corrected chi connectivity index (χ4v) is 1.92. The number of nitrogens with one attached hydrogen (secondary N) is 1. The van der Waals surface area contributed by atoms with Gasteiger partial charge in [-0.2, -0.15) is 0 Å². The molecule has 0 aromatic heterocycles. The first-order chi connectivity index (χ1) is 8.99. The second-order valence-corrected chi connectivity index (χ2v) is 4.59. The Balaban J connectivity index is 2.49. The molecular formula is C14H13ClN2O2. The Morgan fingerprint density at radius 1 is 1.32 bits per heavy atom. The molecule has 2 aromatic rings. The van der Waals surface area contributed by atoms with Gasteiger partial charge in [-0.3, -0.25) is 0 Å². The van der Waals surface area contributed by atoms with Gasteiger partial charge in [0, 0.05) is 0 Å². The van der Waals surface area contributed by atoms with Crippen LogP contribution in [-0.4, -0.2) is 11.1 Å². The number of aryl methyl sites for hydroxylation is 1. The predicted octanol–water partition coefficient (Wildman–Crippen LogP) is 3.67. The van der Waals surface area contributed by atoms with Crippen molar-refractivity contribution in [3.05, 3.63) is 52.5 Å². The summed E-state index contributed by atoms with van der Waals surface area (Å²) in [4.78, 5) is 11.2. The maximum Gasteiger partial charge on any atom is 0.337 e. The number of anilines is 3. The van der Waals surface area contributed by atoms with Crippen molar-refractivity contribution in [2.75, 3.05) is 11.1 Å². The van der Waals surface area contributed by atoms with Crippen LogP contribution in [0.4, 0.5) is 17.1 Å². The summed E-state index contributed by atoms with van der Waals surface area (Å²) in [6.45, 7) is 1.92. The number of hydrogen-bond acceptors (Lipinski definition) is 3. The lowest BCUT2D eigenvalue weighted by Gasteiger charge is -2.14. The third-order valence-electron chi connectivity index (χ3n) is 2.71. The lowest BCUT2D eigenvalue weighted by molar-refractivity contribution is 0.0698. The van der Waals surface area contributed by atoms with Gasteiger partial charge in [-0.15, -0.1) is 0 Å². The summed E-state index contributed by atoms with van der Waals surface area (Å²) in [6, 6.07) is 10.2. The van der Waals surface area contributed by atoms with Crippen LogP contribution >= 0.6 is 11.6 Å². The highest BCUT2D eigenvalue weighted by molar-refractivity contribution is 6.33. The maximum absolute atomic E-state index is 11.2. The van der Waals surface area contributed by atoms with Crippen molar-refractivity contribution in [3.63, 3.8) is 0 Å². The molecule has 0 saturated carbocycles. The van der Waals surface area contributed by atoms with Crippen molar-refractivity contribution in [2.24, 2.45) is 0 Å². The zero-order chi connectivity index (χ0) is 14.0. The third-order valence-corrected chi connectivity index (χ3v) is 3.04. The molecule has 0 spiro atoms. The van der Waals surface area contributed by atoms with Crippen molar-refractivity contribution >= 4 is 34.6 Å². The van der Waals surface area contributed by atoms with Crippen molar-refractivity contribution in [1.29, 1.82) is 0 Å². The maximum atomic E-state index is 11.2. The molecule has 0 fully saturated rings.